The minimum absolute atomic E-state index is 0.906. The molecule has 0 bridgehead atoms. The van der Waals surface area contributed by atoms with Gasteiger partial charge in [0.05, 0.1) is 6.61 Å². The van der Waals surface area contributed by atoms with Crippen molar-refractivity contribution in [1.82, 2.24) is 0 Å². The highest BCUT2D eigenvalue weighted by Crippen LogP contribution is 2.27. The molecule has 0 saturated carbocycles. The van der Waals surface area contributed by atoms with E-state index in [9.17, 15) is 0 Å². The molecule has 10 heavy (non-hydrogen) atoms. The summed E-state index contributed by atoms with van der Waals surface area (Å²) in [5.41, 5.74) is 1.41. The van der Waals surface area contributed by atoms with Gasteiger partial charge in [-0.25, -0.2) is 0 Å². The summed E-state index contributed by atoms with van der Waals surface area (Å²) in [6.07, 6.45) is 3.70. The van der Waals surface area contributed by atoms with E-state index < -0.39 is 0 Å². The maximum Gasteiger partial charge on any atom is 0.133 e. The summed E-state index contributed by atoms with van der Waals surface area (Å²) in [6, 6.07) is 0. The van der Waals surface area contributed by atoms with Gasteiger partial charge in [0.25, 0.3) is 0 Å². The van der Waals surface area contributed by atoms with E-state index in [2.05, 4.69) is 10.8 Å². The molecule has 0 fully saturated rings. The molecule has 0 saturated heterocycles. The Morgan fingerprint density at radius 3 is 3.30 bits per heavy atom. The van der Waals surface area contributed by atoms with Crippen LogP contribution in [0.3, 0.4) is 0 Å². The molecule has 0 radical (unpaired) electrons. The molecular weight excluding hydrogens is 144 g/mol. The van der Waals surface area contributed by atoms with Crippen LogP contribution in [0.1, 0.15) is 18.4 Å². The number of rotatable bonds is 0. The third-order valence-electron chi connectivity index (χ3n) is 1.80. The van der Waals surface area contributed by atoms with E-state index >= 15 is 0 Å². The molecule has 2 heteroatoms. The number of hydrogen-bond acceptors (Lipinski definition) is 2. The fraction of sp³-hybridized carbons (Fsp3) is 0.500. The van der Waals surface area contributed by atoms with E-state index in [-0.39, 0.29) is 0 Å². The average molecular weight is 154 g/mol. The number of aryl methyl sites for hydroxylation is 1. The molecule has 1 aromatic heterocycles. The van der Waals surface area contributed by atoms with Gasteiger partial charge in [-0.2, -0.15) is 0 Å². The summed E-state index contributed by atoms with van der Waals surface area (Å²) in [4.78, 5) is 0. The van der Waals surface area contributed by atoms with Crippen molar-refractivity contribution in [3.8, 4) is 5.75 Å². The monoisotopic (exact) mass is 154 g/mol. The third-order valence-corrected chi connectivity index (χ3v) is 2.57. The van der Waals surface area contributed by atoms with Crippen LogP contribution < -0.4 is 4.74 Å². The summed E-state index contributed by atoms with van der Waals surface area (Å²) in [5, 5.41) is 4.29. The van der Waals surface area contributed by atoms with Gasteiger partial charge in [0.1, 0.15) is 5.75 Å². The van der Waals surface area contributed by atoms with E-state index in [1.54, 1.807) is 11.3 Å². The first-order valence-electron chi connectivity index (χ1n) is 3.65. The summed E-state index contributed by atoms with van der Waals surface area (Å²) in [5.74, 6) is 1.13. The quantitative estimate of drug-likeness (QED) is 0.557. The van der Waals surface area contributed by atoms with Crippen molar-refractivity contribution in [2.24, 2.45) is 0 Å². The van der Waals surface area contributed by atoms with Gasteiger partial charge in [-0.1, -0.05) is 0 Å². The van der Waals surface area contributed by atoms with Gasteiger partial charge in [0, 0.05) is 10.9 Å². The van der Waals surface area contributed by atoms with Crippen LogP contribution in [0, 0.1) is 0 Å². The summed E-state index contributed by atoms with van der Waals surface area (Å²) in [7, 11) is 0. The lowest BCUT2D eigenvalue weighted by atomic mass is 10.2. The lowest BCUT2D eigenvalue weighted by Gasteiger charge is -1.98. The molecule has 1 aromatic rings. The summed E-state index contributed by atoms with van der Waals surface area (Å²) >= 11 is 1.74. The fourth-order valence-electron chi connectivity index (χ4n) is 1.22. The number of fused-ring (bicyclic) bond motifs is 1. The third kappa shape index (κ3) is 1.03. The Balaban J connectivity index is 2.28. The summed E-state index contributed by atoms with van der Waals surface area (Å²) in [6.45, 7) is 0.906. The molecular formula is C8H10OS. The van der Waals surface area contributed by atoms with E-state index in [0.717, 1.165) is 12.4 Å². The first kappa shape index (κ1) is 6.23. The maximum atomic E-state index is 5.50. The maximum absolute atomic E-state index is 5.50. The fourth-order valence-corrected chi connectivity index (χ4v) is 2.03. The van der Waals surface area contributed by atoms with E-state index in [4.69, 9.17) is 4.74 Å². The van der Waals surface area contributed by atoms with Gasteiger partial charge in [0.2, 0.25) is 0 Å². The number of ether oxygens (including phenoxy) is 1. The first-order chi connectivity index (χ1) is 4.97. The minimum atomic E-state index is 0.906. The second-order valence-electron chi connectivity index (χ2n) is 2.57. The van der Waals surface area contributed by atoms with Crippen LogP contribution in [-0.2, 0) is 6.42 Å². The smallest absolute Gasteiger partial charge is 0.133 e. The van der Waals surface area contributed by atoms with Gasteiger partial charge < -0.3 is 4.74 Å². The van der Waals surface area contributed by atoms with Crippen molar-refractivity contribution in [3.05, 3.63) is 16.3 Å². The zero-order valence-corrected chi connectivity index (χ0v) is 6.62. The molecule has 0 unspecified atom stereocenters. The van der Waals surface area contributed by atoms with Gasteiger partial charge >= 0.3 is 0 Å². The van der Waals surface area contributed by atoms with Crippen LogP contribution in [0.5, 0.6) is 5.75 Å². The molecule has 2 rings (SSSR count). The topological polar surface area (TPSA) is 9.23 Å². The van der Waals surface area contributed by atoms with Crippen LogP contribution in [-0.4, -0.2) is 6.61 Å². The van der Waals surface area contributed by atoms with Gasteiger partial charge in [-0.3, -0.25) is 0 Å². The first-order valence-corrected chi connectivity index (χ1v) is 4.59. The predicted octanol–water partition coefficient (Wildman–Crippen LogP) is 2.46. The van der Waals surface area contributed by atoms with Gasteiger partial charge in [-0.05, 0) is 24.6 Å². The lowest BCUT2D eigenvalue weighted by molar-refractivity contribution is 0.318. The Labute approximate surface area is 64.6 Å². The molecule has 0 N–H and O–H groups in total. The van der Waals surface area contributed by atoms with Crippen LogP contribution in [0.25, 0.3) is 0 Å². The molecule has 1 aliphatic rings. The predicted molar refractivity (Wildman–Crippen MR) is 42.8 cm³/mol. The molecule has 0 amide bonds. The molecule has 0 aromatic carbocycles. The van der Waals surface area contributed by atoms with Crippen LogP contribution >= 0.6 is 11.3 Å². The zero-order chi connectivity index (χ0) is 6.81. The Bertz CT molecular complexity index is 196. The molecule has 1 aliphatic heterocycles. The van der Waals surface area contributed by atoms with Gasteiger partial charge in [0.15, 0.2) is 0 Å². The van der Waals surface area contributed by atoms with E-state index in [1.807, 2.05) is 0 Å². The number of thiophene rings is 1. The standard InChI is InChI=1S/C8H10OS/c1-2-4-9-8-6-10-5-7(8)3-1/h5-6H,1-4H2. The normalized spacial score (nSPS) is 17.2. The van der Waals surface area contributed by atoms with Gasteiger partial charge in [-0.15, -0.1) is 11.3 Å². The van der Waals surface area contributed by atoms with Crippen molar-refractivity contribution in [3.63, 3.8) is 0 Å². The second kappa shape index (κ2) is 2.62. The minimum Gasteiger partial charge on any atom is -0.492 e. The molecule has 0 spiro atoms. The Hall–Kier alpha value is -0.500. The zero-order valence-electron chi connectivity index (χ0n) is 5.80. The SMILES string of the molecule is c1scc2c1CCCCO2. The van der Waals surface area contributed by atoms with Crippen LogP contribution in [0.2, 0.25) is 0 Å². The molecule has 1 nitrogen and oxygen atoms in total. The van der Waals surface area contributed by atoms with Crippen LogP contribution in [0.4, 0.5) is 0 Å². The van der Waals surface area contributed by atoms with Crippen molar-refractivity contribution in [2.75, 3.05) is 6.61 Å². The highest BCUT2D eigenvalue weighted by atomic mass is 32.1. The summed E-state index contributed by atoms with van der Waals surface area (Å²) < 4.78 is 5.50. The average Bonchev–Trinajstić information content (AvgIpc) is 2.28. The lowest BCUT2D eigenvalue weighted by Crippen LogP contribution is -1.92. The Morgan fingerprint density at radius 1 is 1.30 bits per heavy atom. The largest absolute Gasteiger partial charge is 0.492 e. The van der Waals surface area contributed by atoms with E-state index in [1.165, 1.54) is 24.8 Å². The van der Waals surface area contributed by atoms with Crippen molar-refractivity contribution < 1.29 is 4.74 Å². The highest BCUT2D eigenvalue weighted by molar-refractivity contribution is 7.08. The van der Waals surface area contributed by atoms with E-state index in [0.29, 0.717) is 0 Å². The molecule has 54 valence electrons. The van der Waals surface area contributed by atoms with Crippen molar-refractivity contribution >= 4 is 11.3 Å². The van der Waals surface area contributed by atoms with Crippen molar-refractivity contribution in [1.29, 1.82) is 0 Å². The van der Waals surface area contributed by atoms with Crippen molar-refractivity contribution in [2.45, 2.75) is 19.3 Å². The highest BCUT2D eigenvalue weighted by Gasteiger charge is 2.07. The number of hydrogen-bond donors (Lipinski definition) is 0. The second-order valence-corrected chi connectivity index (χ2v) is 3.31. The molecule has 0 atom stereocenters. The Kier molecular flexibility index (Phi) is 1.63. The molecule has 0 aliphatic carbocycles. The van der Waals surface area contributed by atoms with Crippen LogP contribution in [0.15, 0.2) is 10.8 Å². The molecule has 2 heterocycles. The Morgan fingerprint density at radius 2 is 2.30 bits per heavy atom.